The smallest absolute Gasteiger partial charge is 0.237 e. The predicted octanol–water partition coefficient (Wildman–Crippen LogP) is 2.94. The number of amides is 2. The highest BCUT2D eigenvalue weighted by atomic mass is 79.9. The summed E-state index contributed by atoms with van der Waals surface area (Å²) in [7, 11) is 0. The first-order valence-electron chi connectivity index (χ1n) is 6.74. The van der Waals surface area contributed by atoms with Crippen molar-refractivity contribution in [2.24, 2.45) is 17.3 Å². The number of hydrogen-bond acceptors (Lipinski definition) is 2. The highest BCUT2D eigenvalue weighted by Gasteiger charge is 2.45. The van der Waals surface area contributed by atoms with E-state index in [4.69, 9.17) is 0 Å². The van der Waals surface area contributed by atoms with E-state index in [1.54, 1.807) is 0 Å². The third kappa shape index (κ3) is 3.43. The summed E-state index contributed by atoms with van der Waals surface area (Å²) in [4.78, 5) is 24.4. The molecular formula is C15H18BrFN2O2. The molecule has 2 amide bonds. The van der Waals surface area contributed by atoms with E-state index in [0.29, 0.717) is 16.7 Å². The largest absolute Gasteiger partial charge is 0.355 e. The van der Waals surface area contributed by atoms with Crippen LogP contribution in [0.25, 0.3) is 0 Å². The van der Waals surface area contributed by atoms with Crippen LogP contribution in [0.4, 0.5) is 10.1 Å². The molecule has 0 saturated carbocycles. The van der Waals surface area contributed by atoms with Crippen molar-refractivity contribution in [1.29, 1.82) is 0 Å². The summed E-state index contributed by atoms with van der Waals surface area (Å²) in [5.41, 5.74) is 0.287. The molecule has 1 aliphatic heterocycles. The molecule has 1 fully saturated rings. The van der Waals surface area contributed by atoms with Crippen molar-refractivity contribution < 1.29 is 14.0 Å². The predicted molar refractivity (Wildman–Crippen MR) is 82.2 cm³/mol. The standard InChI is InChI=1S/C15H18BrFN2O2/c1-15(2,3)9-7-18-13(20)12(9)14(21)19-11-5-4-8(17)6-10(11)16/h4-6,9,12H,7H2,1-3H3,(H,18,20)(H,19,21)/t9-,12-/m1/s1. The zero-order chi connectivity index (χ0) is 15.8. The lowest BCUT2D eigenvalue weighted by atomic mass is 9.74. The third-order valence-electron chi connectivity index (χ3n) is 3.76. The van der Waals surface area contributed by atoms with Gasteiger partial charge in [-0.2, -0.15) is 0 Å². The Morgan fingerprint density at radius 2 is 2.10 bits per heavy atom. The molecule has 0 radical (unpaired) electrons. The fourth-order valence-corrected chi connectivity index (χ4v) is 2.98. The van der Waals surface area contributed by atoms with Gasteiger partial charge in [0, 0.05) is 16.9 Å². The average molecular weight is 357 g/mol. The van der Waals surface area contributed by atoms with Crippen LogP contribution in [0.1, 0.15) is 20.8 Å². The van der Waals surface area contributed by atoms with Crippen LogP contribution in [0.3, 0.4) is 0 Å². The fraction of sp³-hybridized carbons (Fsp3) is 0.467. The molecule has 21 heavy (non-hydrogen) atoms. The van der Waals surface area contributed by atoms with Gasteiger partial charge in [0.05, 0.1) is 5.69 Å². The number of halogens is 2. The van der Waals surface area contributed by atoms with Crippen LogP contribution >= 0.6 is 15.9 Å². The van der Waals surface area contributed by atoms with Gasteiger partial charge in [0.2, 0.25) is 11.8 Å². The van der Waals surface area contributed by atoms with E-state index >= 15 is 0 Å². The van der Waals surface area contributed by atoms with E-state index in [1.165, 1.54) is 18.2 Å². The normalized spacial score (nSPS) is 22.0. The van der Waals surface area contributed by atoms with Crippen molar-refractivity contribution in [3.8, 4) is 0 Å². The van der Waals surface area contributed by atoms with Crippen LogP contribution in [-0.4, -0.2) is 18.4 Å². The molecule has 0 aliphatic carbocycles. The number of benzene rings is 1. The Hall–Kier alpha value is -1.43. The SMILES string of the molecule is CC(C)(C)[C@@H]1CNC(=O)[C@@H]1C(=O)Nc1ccc(F)cc1Br. The Labute approximate surface area is 131 Å². The van der Waals surface area contributed by atoms with Gasteiger partial charge in [-0.25, -0.2) is 4.39 Å². The van der Waals surface area contributed by atoms with Crippen molar-refractivity contribution in [3.63, 3.8) is 0 Å². The van der Waals surface area contributed by atoms with Gasteiger partial charge in [0.15, 0.2) is 0 Å². The van der Waals surface area contributed by atoms with E-state index in [-0.39, 0.29) is 23.1 Å². The molecule has 1 aromatic rings. The van der Waals surface area contributed by atoms with E-state index in [1.807, 2.05) is 20.8 Å². The van der Waals surface area contributed by atoms with Crippen LogP contribution in [-0.2, 0) is 9.59 Å². The first-order valence-corrected chi connectivity index (χ1v) is 7.53. The lowest BCUT2D eigenvalue weighted by molar-refractivity contribution is -0.132. The Bertz CT molecular complexity index is 584. The fourth-order valence-electron chi connectivity index (χ4n) is 2.53. The summed E-state index contributed by atoms with van der Waals surface area (Å²) >= 11 is 3.20. The van der Waals surface area contributed by atoms with Crippen LogP contribution < -0.4 is 10.6 Å². The molecule has 0 bridgehead atoms. The second-order valence-electron chi connectivity index (χ2n) is 6.31. The lowest BCUT2D eigenvalue weighted by Gasteiger charge is -2.29. The van der Waals surface area contributed by atoms with Gasteiger partial charge in [0.1, 0.15) is 11.7 Å². The molecule has 0 spiro atoms. The average Bonchev–Trinajstić information content (AvgIpc) is 2.74. The number of carbonyl (C=O) groups excluding carboxylic acids is 2. The van der Waals surface area contributed by atoms with Crippen LogP contribution in [0.5, 0.6) is 0 Å². The Morgan fingerprint density at radius 1 is 1.43 bits per heavy atom. The molecule has 2 N–H and O–H groups in total. The number of rotatable bonds is 2. The van der Waals surface area contributed by atoms with Gasteiger partial charge in [-0.1, -0.05) is 20.8 Å². The molecule has 1 aliphatic rings. The second-order valence-corrected chi connectivity index (χ2v) is 7.16. The van der Waals surface area contributed by atoms with Gasteiger partial charge in [-0.15, -0.1) is 0 Å². The Balaban J connectivity index is 2.20. The first-order chi connectivity index (χ1) is 9.70. The molecule has 114 valence electrons. The monoisotopic (exact) mass is 356 g/mol. The minimum absolute atomic E-state index is 0.0794. The Morgan fingerprint density at radius 3 is 2.67 bits per heavy atom. The zero-order valence-corrected chi connectivity index (χ0v) is 13.8. The summed E-state index contributed by atoms with van der Waals surface area (Å²) in [6.45, 7) is 6.51. The van der Waals surface area contributed by atoms with Crippen molar-refractivity contribution in [2.45, 2.75) is 20.8 Å². The number of anilines is 1. The van der Waals surface area contributed by atoms with E-state index in [9.17, 15) is 14.0 Å². The summed E-state index contributed by atoms with van der Waals surface area (Å²) in [6, 6.07) is 4.00. The second kappa shape index (κ2) is 5.75. The molecule has 2 rings (SSSR count). The topological polar surface area (TPSA) is 58.2 Å². The molecule has 2 atom stereocenters. The van der Waals surface area contributed by atoms with Crippen molar-refractivity contribution >= 4 is 33.4 Å². The maximum Gasteiger partial charge on any atom is 0.237 e. The lowest BCUT2D eigenvalue weighted by Crippen LogP contribution is -2.37. The summed E-state index contributed by atoms with van der Waals surface area (Å²) in [6.07, 6.45) is 0. The van der Waals surface area contributed by atoms with Gasteiger partial charge in [-0.05, 0) is 39.5 Å². The maximum atomic E-state index is 13.1. The van der Waals surface area contributed by atoms with Crippen molar-refractivity contribution in [1.82, 2.24) is 5.32 Å². The van der Waals surface area contributed by atoms with Crippen molar-refractivity contribution in [2.75, 3.05) is 11.9 Å². The molecular weight excluding hydrogens is 339 g/mol. The minimum Gasteiger partial charge on any atom is -0.355 e. The maximum absolute atomic E-state index is 13.1. The number of hydrogen-bond donors (Lipinski definition) is 2. The van der Waals surface area contributed by atoms with Crippen molar-refractivity contribution in [3.05, 3.63) is 28.5 Å². The van der Waals surface area contributed by atoms with Gasteiger partial charge >= 0.3 is 0 Å². The summed E-state index contributed by atoms with van der Waals surface area (Å²) in [5, 5.41) is 5.44. The van der Waals surface area contributed by atoms with Gasteiger partial charge in [0.25, 0.3) is 0 Å². The number of carbonyl (C=O) groups is 2. The number of nitrogens with one attached hydrogen (secondary N) is 2. The summed E-state index contributed by atoms with van der Waals surface area (Å²) < 4.78 is 13.5. The molecule has 1 saturated heterocycles. The quantitative estimate of drug-likeness (QED) is 0.800. The molecule has 1 heterocycles. The highest BCUT2D eigenvalue weighted by Crippen LogP contribution is 2.36. The molecule has 0 aromatic heterocycles. The zero-order valence-electron chi connectivity index (χ0n) is 12.2. The van der Waals surface area contributed by atoms with Crippen LogP contribution in [0, 0.1) is 23.1 Å². The molecule has 0 unspecified atom stereocenters. The van der Waals surface area contributed by atoms with Crippen LogP contribution in [0.15, 0.2) is 22.7 Å². The van der Waals surface area contributed by atoms with E-state index in [2.05, 4.69) is 26.6 Å². The first kappa shape index (κ1) is 15.9. The Kier molecular flexibility index (Phi) is 4.37. The summed E-state index contributed by atoms with van der Waals surface area (Å²) in [5.74, 6) is -1.83. The van der Waals surface area contributed by atoms with E-state index < -0.39 is 11.7 Å². The minimum atomic E-state index is -0.734. The highest BCUT2D eigenvalue weighted by molar-refractivity contribution is 9.10. The third-order valence-corrected chi connectivity index (χ3v) is 4.42. The van der Waals surface area contributed by atoms with Crippen LogP contribution in [0.2, 0.25) is 0 Å². The molecule has 1 aromatic carbocycles. The van der Waals surface area contributed by atoms with Gasteiger partial charge < -0.3 is 10.6 Å². The van der Waals surface area contributed by atoms with Gasteiger partial charge in [-0.3, -0.25) is 9.59 Å². The molecule has 6 heteroatoms. The van der Waals surface area contributed by atoms with E-state index in [0.717, 1.165) is 0 Å². The molecule has 4 nitrogen and oxygen atoms in total.